The number of aromatic nitrogens is 1. The first-order chi connectivity index (χ1) is 15.3. The van der Waals surface area contributed by atoms with E-state index in [0.29, 0.717) is 25.1 Å². The van der Waals surface area contributed by atoms with Gasteiger partial charge in [0.2, 0.25) is 0 Å². The first kappa shape index (κ1) is 23.8. The van der Waals surface area contributed by atoms with Gasteiger partial charge in [-0.2, -0.15) is 0 Å². The summed E-state index contributed by atoms with van der Waals surface area (Å²) < 4.78 is 8.04. The molecule has 4 N–H and O–H groups in total. The molecule has 2 aromatic carbocycles. The van der Waals surface area contributed by atoms with Crippen LogP contribution in [0.5, 0.6) is 5.75 Å². The lowest BCUT2D eigenvalue weighted by molar-refractivity contribution is 0.100. The van der Waals surface area contributed by atoms with Crippen LogP contribution in [0.2, 0.25) is 0 Å². The zero-order valence-electron chi connectivity index (χ0n) is 19.6. The number of ether oxygens (including phenoxy) is 1. The van der Waals surface area contributed by atoms with Gasteiger partial charge >= 0.3 is 0 Å². The number of aryl methyl sites for hydroxylation is 3. The number of aliphatic hydroxyl groups excluding tert-OH is 1. The average Bonchev–Trinajstić information content (AvgIpc) is 3.16. The van der Waals surface area contributed by atoms with Gasteiger partial charge in [0.15, 0.2) is 0 Å². The molecule has 0 saturated heterocycles. The van der Waals surface area contributed by atoms with Gasteiger partial charge < -0.3 is 25.5 Å². The Kier molecular flexibility index (Phi) is 7.94. The fourth-order valence-corrected chi connectivity index (χ4v) is 4.18. The largest absolute Gasteiger partial charge is 0.492 e. The van der Waals surface area contributed by atoms with Crippen LogP contribution < -0.4 is 15.8 Å². The van der Waals surface area contributed by atoms with E-state index >= 15 is 0 Å². The molecule has 1 atom stereocenters. The smallest absolute Gasteiger partial charge is 0.250 e. The van der Waals surface area contributed by atoms with Crippen LogP contribution in [0.15, 0.2) is 36.5 Å². The average molecular weight is 438 g/mol. The molecule has 0 aliphatic rings. The van der Waals surface area contributed by atoms with E-state index in [2.05, 4.69) is 51.2 Å². The number of carbonyl (C=O) groups excluding carboxylic acids is 1. The number of aliphatic hydroxyl groups is 1. The van der Waals surface area contributed by atoms with Crippen molar-refractivity contribution in [1.29, 1.82) is 0 Å². The molecule has 1 aromatic heterocycles. The molecule has 0 aliphatic carbocycles. The first-order valence-corrected chi connectivity index (χ1v) is 11.3. The van der Waals surface area contributed by atoms with E-state index in [1.54, 1.807) is 0 Å². The number of amides is 1. The van der Waals surface area contributed by atoms with E-state index in [-0.39, 0.29) is 12.6 Å². The number of nitrogens with zero attached hydrogens (tertiary/aromatic N) is 1. The van der Waals surface area contributed by atoms with Gasteiger partial charge in [0.25, 0.3) is 5.91 Å². The van der Waals surface area contributed by atoms with Crippen molar-refractivity contribution in [3.05, 3.63) is 64.3 Å². The second-order valence-electron chi connectivity index (χ2n) is 8.59. The summed E-state index contributed by atoms with van der Waals surface area (Å²) in [6.45, 7) is 10.5. The molecule has 3 rings (SSSR count). The third-order valence-electron chi connectivity index (χ3n) is 6.00. The lowest BCUT2D eigenvalue weighted by atomic mass is 10.0. The Balaban J connectivity index is 1.62. The number of hydrogen-bond acceptors (Lipinski definition) is 4. The van der Waals surface area contributed by atoms with Crippen molar-refractivity contribution >= 4 is 16.8 Å². The van der Waals surface area contributed by atoms with Gasteiger partial charge in [-0.05, 0) is 81.0 Å². The van der Waals surface area contributed by atoms with Crippen LogP contribution in [-0.4, -0.2) is 41.4 Å². The Morgan fingerprint density at radius 1 is 1.19 bits per heavy atom. The monoisotopic (exact) mass is 437 g/mol. The molecule has 1 heterocycles. The predicted molar refractivity (Wildman–Crippen MR) is 129 cm³/mol. The summed E-state index contributed by atoms with van der Waals surface area (Å²) in [7, 11) is 0. The number of rotatable bonds is 11. The number of hydrogen-bond donors (Lipinski definition) is 3. The number of nitrogens with one attached hydrogen (secondary N) is 1. The second kappa shape index (κ2) is 10.7. The Bertz CT molecular complexity index is 1090. The Labute approximate surface area is 190 Å². The highest BCUT2D eigenvalue weighted by Crippen LogP contribution is 2.26. The van der Waals surface area contributed by atoms with E-state index < -0.39 is 5.91 Å². The molecule has 172 valence electrons. The zero-order chi connectivity index (χ0) is 23.3. The van der Waals surface area contributed by atoms with Gasteiger partial charge in [-0.3, -0.25) is 4.79 Å². The van der Waals surface area contributed by atoms with Crippen LogP contribution in [0.4, 0.5) is 0 Å². The zero-order valence-corrected chi connectivity index (χ0v) is 19.6. The molecule has 0 saturated carbocycles. The molecule has 0 fully saturated rings. The van der Waals surface area contributed by atoms with Gasteiger partial charge in [0.05, 0.1) is 11.1 Å². The molecule has 6 heteroatoms. The van der Waals surface area contributed by atoms with Crippen molar-refractivity contribution in [1.82, 2.24) is 9.88 Å². The Morgan fingerprint density at radius 3 is 2.66 bits per heavy atom. The van der Waals surface area contributed by atoms with E-state index in [9.17, 15) is 4.79 Å². The normalized spacial score (nSPS) is 12.3. The van der Waals surface area contributed by atoms with Crippen LogP contribution >= 0.6 is 0 Å². The SMILES string of the molecule is Cc1ccc(C)c(OCCNC(C)Cc2cc(C(N)=O)c3c(ccn3CCCO)c2)c1C. The maximum atomic E-state index is 12.1. The highest BCUT2D eigenvalue weighted by Gasteiger charge is 2.15. The lowest BCUT2D eigenvalue weighted by Crippen LogP contribution is -2.32. The quantitative estimate of drug-likeness (QED) is 0.400. The molecule has 0 bridgehead atoms. The predicted octanol–water partition coefficient (Wildman–Crippen LogP) is 3.65. The van der Waals surface area contributed by atoms with Crippen molar-refractivity contribution in [3.8, 4) is 5.75 Å². The summed E-state index contributed by atoms with van der Waals surface area (Å²) in [6, 6.07) is 10.4. The van der Waals surface area contributed by atoms with Crippen molar-refractivity contribution in [3.63, 3.8) is 0 Å². The summed E-state index contributed by atoms with van der Waals surface area (Å²) in [6.07, 6.45) is 3.36. The summed E-state index contributed by atoms with van der Waals surface area (Å²) in [4.78, 5) is 12.1. The number of nitrogens with two attached hydrogens (primary N) is 1. The fourth-order valence-electron chi connectivity index (χ4n) is 4.18. The van der Waals surface area contributed by atoms with Crippen LogP contribution in [-0.2, 0) is 13.0 Å². The van der Waals surface area contributed by atoms with Crippen molar-refractivity contribution < 1.29 is 14.6 Å². The van der Waals surface area contributed by atoms with Crippen LogP contribution in [0.3, 0.4) is 0 Å². The lowest BCUT2D eigenvalue weighted by Gasteiger charge is -2.17. The molecular formula is C26H35N3O3. The molecule has 3 aromatic rings. The van der Waals surface area contributed by atoms with Gasteiger partial charge in [-0.15, -0.1) is 0 Å². The maximum Gasteiger partial charge on any atom is 0.250 e. The molecule has 1 unspecified atom stereocenters. The third-order valence-corrected chi connectivity index (χ3v) is 6.00. The van der Waals surface area contributed by atoms with Gasteiger partial charge in [0, 0.05) is 37.3 Å². The van der Waals surface area contributed by atoms with E-state index in [0.717, 1.165) is 40.7 Å². The second-order valence-corrected chi connectivity index (χ2v) is 8.59. The molecule has 1 amide bonds. The van der Waals surface area contributed by atoms with Crippen molar-refractivity contribution in [2.24, 2.45) is 5.73 Å². The van der Waals surface area contributed by atoms with Gasteiger partial charge in [0.1, 0.15) is 12.4 Å². The number of carbonyl (C=O) groups is 1. The fraction of sp³-hybridized carbons (Fsp3) is 0.423. The minimum absolute atomic E-state index is 0.111. The van der Waals surface area contributed by atoms with Crippen LogP contribution in [0.25, 0.3) is 10.9 Å². The molecular weight excluding hydrogens is 402 g/mol. The van der Waals surface area contributed by atoms with Gasteiger partial charge in [-0.25, -0.2) is 0 Å². The Morgan fingerprint density at radius 2 is 1.94 bits per heavy atom. The maximum absolute atomic E-state index is 12.1. The summed E-state index contributed by atoms with van der Waals surface area (Å²) >= 11 is 0. The van der Waals surface area contributed by atoms with Crippen LogP contribution in [0.1, 0.15) is 46.0 Å². The van der Waals surface area contributed by atoms with Gasteiger partial charge in [-0.1, -0.05) is 12.1 Å². The molecule has 32 heavy (non-hydrogen) atoms. The highest BCUT2D eigenvalue weighted by molar-refractivity contribution is 6.05. The summed E-state index contributed by atoms with van der Waals surface area (Å²) in [5.41, 5.74) is 11.7. The number of primary amides is 1. The topological polar surface area (TPSA) is 89.5 Å². The summed E-state index contributed by atoms with van der Waals surface area (Å²) in [5, 5.41) is 13.6. The molecule has 6 nitrogen and oxygen atoms in total. The van der Waals surface area contributed by atoms with Crippen LogP contribution in [0, 0.1) is 20.8 Å². The van der Waals surface area contributed by atoms with Crippen molar-refractivity contribution in [2.45, 2.75) is 53.1 Å². The minimum atomic E-state index is -0.432. The number of benzene rings is 2. The minimum Gasteiger partial charge on any atom is -0.492 e. The van der Waals surface area contributed by atoms with Crippen molar-refractivity contribution in [2.75, 3.05) is 19.8 Å². The number of fused-ring (bicyclic) bond motifs is 1. The Hall–Kier alpha value is -2.83. The molecule has 0 spiro atoms. The van der Waals surface area contributed by atoms with E-state index in [1.165, 1.54) is 11.1 Å². The summed E-state index contributed by atoms with van der Waals surface area (Å²) in [5.74, 6) is 0.542. The molecule has 0 radical (unpaired) electrons. The van der Waals surface area contributed by atoms with E-state index in [4.69, 9.17) is 15.6 Å². The first-order valence-electron chi connectivity index (χ1n) is 11.3. The third kappa shape index (κ3) is 5.50. The standard InChI is InChI=1S/C26H35N3O3/c1-17-6-7-18(2)25(20(17)4)32-13-9-28-19(3)14-21-15-22-8-11-29(10-5-12-30)24(22)23(16-21)26(27)31/h6-8,11,15-16,19,28,30H,5,9-10,12-14H2,1-4H3,(H2,27,31). The molecule has 0 aliphatic heterocycles. The highest BCUT2D eigenvalue weighted by atomic mass is 16.5. The van der Waals surface area contributed by atoms with E-state index in [1.807, 2.05) is 22.9 Å².